The Morgan fingerprint density at radius 2 is 1.14 bits per heavy atom. The molecule has 5 nitrogen and oxygen atoms in total. The van der Waals surface area contributed by atoms with E-state index in [0.29, 0.717) is 5.82 Å². The third-order valence-corrected chi connectivity index (χ3v) is 10.9. The van der Waals surface area contributed by atoms with E-state index in [1.165, 1.54) is 52.8 Å². The lowest BCUT2D eigenvalue weighted by molar-refractivity contribution is 1.00. The largest absolute Gasteiger partial charge is 0.308 e. The third-order valence-electron chi connectivity index (χ3n) is 9.74. The normalized spacial score (nSPS) is 12.1. The minimum Gasteiger partial charge on any atom is -0.308 e. The maximum atomic E-state index is 5.09. The lowest BCUT2D eigenvalue weighted by Gasteiger charge is -2.10. The van der Waals surface area contributed by atoms with Gasteiger partial charge >= 0.3 is 0 Å². The van der Waals surface area contributed by atoms with Crippen molar-refractivity contribution in [3.05, 3.63) is 152 Å². The molecule has 0 aliphatic carbocycles. The van der Waals surface area contributed by atoms with Gasteiger partial charge in [0.15, 0.2) is 11.5 Å². The van der Waals surface area contributed by atoms with Gasteiger partial charge in [-0.3, -0.25) is 0 Å². The van der Waals surface area contributed by atoms with Gasteiger partial charge in [-0.05, 0) is 59.3 Å². The fraction of sp³-hybridized carbons (Fsp3) is 0. The molecule has 0 atom stereocenters. The second-order valence-corrected chi connectivity index (χ2v) is 13.5. The van der Waals surface area contributed by atoms with Crippen molar-refractivity contribution < 1.29 is 0 Å². The SMILES string of the molecule is c1ccc(-c2nc3ccccc3n3nc(-c4ccc(-n5c6ccccc6c6c7ccccc7c7c8ccccc8sc7c65)cc4)nc23)cc1. The predicted molar refractivity (Wildman–Crippen MR) is 204 cm³/mol. The Hall–Kier alpha value is -6.37. The molecule has 0 fully saturated rings. The first-order valence-electron chi connectivity index (χ1n) is 16.4. The average Bonchev–Trinajstić information content (AvgIpc) is 3.88. The summed E-state index contributed by atoms with van der Waals surface area (Å²) in [5, 5.41) is 12.8. The Morgan fingerprint density at radius 3 is 1.96 bits per heavy atom. The zero-order valence-corrected chi connectivity index (χ0v) is 26.9. The molecule has 0 saturated carbocycles. The van der Waals surface area contributed by atoms with E-state index in [1.54, 1.807) is 0 Å². The van der Waals surface area contributed by atoms with Crippen LogP contribution in [-0.2, 0) is 0 Å². The van der Waals surface area contributed by atoms with Crippen molar-refractivity contribution in [3.63, 3.8) is 0 Å². The maximum Gasteiger partial charge on any atom is 0.182 e. The fourth-order valence-electron chi connectivity index (χ4n) is 7.61. The van der Waals surface area contributed by atoms with Crippen molar-refractivity contribution in [2.45, 2.75) is 0 Å². The summed E-state index contributed by atoms with van der Waals surface area (Å²) in [6.07, 6.45) is 0. The van der Waals surface area contributed by atoms with Crippen LogP contribution >= 0.6 is 11.3 Å². The van der Waals surface area contributed by atoms with Crippen LogP contribution in [0.4, 0.5) is 0 Å². The van der Waals surface area contributed by atoms with Gasteiger partial charge in [-0.15, -0.1) is 16.4 Å². The maximum absolute atomic E-state index is 5.09. The average molecular weight is 644 g/mol. The topological polar surface area (TPSA) is 48.0 Å². The van der Waals surface area contributed by atoms with Crippen molar-refractivity contribution in [1.29, 1.82) is 0 Å². The van der Waals surface area contributed by atoms with E-state index in [0.717, 1.165) is 39.2 Å². The number of para-hydroxylation sites is 3. The number of rotatable bonds is 3. The predicted octanol–water partition coefficient (Wildman–Crippen LogP) is 11.2. The van der Waals surface area contributed by atoms with Gasteiger partial charge < -0.3 is 4.57 Å². The fourth-order valence-corrected chi connectivity index (χ4v) is 8.87. The summed E-state index contributed by atoms with van der Waals surface area (Å²) >= 11 is 1.88. The molecule has 7 aromatic carbocycles. The summed E-state index contributed by atoms with van der Waals surface area (Å²) in [5.74, 6) is 0.669. The molecule has 11 rings (SSSR count). The van der Waals surface area contributed by atoms with Crippen LogP contribution in [-0.4, -0.2) is 24.1 Å². The van der Waals surface area contributed by atoms with E-state index in [1.807, 2.05) is 58.3 Å². The van der Waals surface area contributed by atoms with Crippen LogP contribution in [0.2, 0.25) is 0 Å². The summed E-state index contributed by atoms with van der Waals surface area (Å²) in [7, 11) is 0. The lowest BCUT2D eigenvalue weighted by atomic mass is 9.99. The zero-order chi connectivity index (χ0) is 32.1. The first kappa shape index (κ1) is 26.7. The van der Waals surface area contributed by atoms with Crippen LogP contribution in [0.5, 0.6) is 0 Å². The third kappa shape index (κ3) is 3.77. The monoisotopic (exact) mass is 643 g/mol. The highest BCUT2D eigenvalue weighted by Crippen LogP contribution is 2.47. The van der Waals surface area contributed by atoms with E-state index in [4.69, 9.17) is 15.1 Å². The first-order chi connectivity index (χ1) is 24.3. The van der Waals surface area contributed by atoms with E-state index in [2.05, 4.69) is 114 Å². The highest BCUT2D eigenvalue weighted by atomic mass is 32.1. The van der Waals surface area contributed by atoms with Crippen LogP contribution in [0, 0.1) is 0 Å². The van der Waals surface area contributed by atoms with Gasteiger partial charge in [0.05, 0.1) is 26.8 Å². The summed E-state index contributed by atoms with van der Waals surface area (Å²) < 4.78 is 6.99. The number of hydrogen-bond donors (Lipinski definition) is 0. The number of nitrogens with zero attached hydrogens (tertiary/aromatic N) is 5. The quantitative estimate of drug-likeness (QED) is 0.192. The number of benzene rings is 7. The van der Waals surface area contributed by atoms with E-state index < -0.39 is 0 Å². The Balaban J connectivity index is 1.16. The molecule has 0 radical (unpaired) electrons. The number of aromatic nitrogens is 5. The lowest BCUT2D eigenvalue weighted by Crippen LogP contribution is -1.97. The second-order valence-electron chi connectivity index (χ2n) is 12.5. The van der Waals surface area contributed by atoms with Crippen LogP contribution < -0.4 is 0 Å². The molecule has 11 aromatic rings. The summed E-state index contributed by atoms with van der Waals surface area (Å²) in [6.45, 7) is 0. The van der Waals surface area contributed by atoms with Crippen LogP contribution in [0.15, 0.2) is 152 Å². The molecule has 228 valence electrons. The molecule has 0 saturated heterocycles. The summed E-state index contributed by atoms with van der Waals surface area (Å²) in [4.78, 5) is 10.1. The minimum absolute atomic E-state index is 0.669. The highest BCUT2D eigenvalue weighted by Gasteiger charge is 2.22. The molecule has 0 N–H and O–H groups in total. The molecule has 0 spiro atoms. The van der Waals surface area contributed by atoms with Crippen LogP contribution in [0.3, 0.4) is 0 Å². The summed E-state index contributed by atoms with van der Waals surface area (Å²) in [5.41, 5.74) is 8.88. The highest BCUT2D eigenvalue weighted by molar-refractivity contribution is 7.27. The van der Waals surface area contributed by atoms with Gasteiger partial charge in [0.1, 0.15) is 5.69 Å². The number of thiophene rings is 1. The number of hydrogen-bond acceptors (Lipinski definition) is 4. The second kappa shape index (κ2) is 10.1. The van der Waals surface area contributed by atoms with Gasteiger partial charge in [0.2, 0.25) is 0 Å². The van der Waals surface area contributed by atoms with Gasteiger partial charge in [-0.2, -0.15) is 0 Å². The number of fused-ring (bicyclic) bond motifs is 13. The van der Waals surface area contributed by atoms with Crippen molar-refractivity contribution in [3.8, 4) is 28.3 Å². The van der Waals surface area contributed by atoms with E-state index >= 15 is 0 Å². The Bertz CT molecular complexity index is 3100. The molecule has 0 aliphatic rings. The van der Waals surface area contributed by atoms with Crippen molar-refractivity contribution >= 4 is 80.8 Å². The van der Waals surface area contributed by atoms with E-state index in [9.17, 15) is 0 Å². The minimum atomic E-state index is 0.669. The van der Waals surface area contributed by atoms with Crippen molar-refractivity contribution in [2.75, 3.05) is 0 Å². The van der Waals surface area contributed by atoms with Crippen molar-refractivity contribution in [1.82, 2.24) is 24.1 Å². The molecule has 4 aromatic heterocycles. The Kier molecular flexibility index (Phi) is 5.48. The Labute approximate surface area is 283 Å². The van der Waals surface area contributed by atoms with Gasteiger partial charge in [-0.25, -0.2) is 14.5 Å². The Morgan fingerprint density at radius 1 is 0.490 bits per heavy atom. The van der Waals surface area contributed by atoms with Gasteiger partial charge in [0, 0.05) is 43.1 Å². The van der Waals surface area contributed by atoms with Crippen molar-refractivity contribution in [2.24, 2.45) is 0 Å². The molecule has 0 unspecified atom stereocenters. The molecule has 0 bridgehead atoms. The molecule has 0 amide bonds. The first-order valence-corrected chi connectivity index (χ1v) is 17.2. The smallest absolute Gasteiger partial charge is 0.182 e. The van der Waals surface area contributed by atoms with Gasteiger partial charge in [-0.1, -0.05) is 103 Å². The molecule has 49 heavy (non-hydrogen) atoms. The molecule has 0 aliphatic heterocycles. The molecule has 4 heterocycles. The summed E-state index contributed by atoms with van der Waals surface area (Å²) in [6, 6.07) is 53.5. The van der Waals surface area contributed by atoms with Crippen LogP contribution in [0.1, 0.15) is 0 Å². The van der Waals surface area contributed by atoms with Crippen LogP contribution in [0.25, 0.3) is 97.8 Å². The standard InChI is InChI=1S/C43H25N5S/c1-2-12-26(13-3-1)39-43-45-42(46-48(43)35-20-10-8-18-33(35)44-39)27-22-24-28(25-23-27)47-34-19-9-6-16-31(34)37-29-14-4-5-15-30(29)38-32-17-7-11-21-36(32)49-41(38)40(37)47/h1-25H. The molecule has 6 heteroatoms. The molecular weight excluding hydrogens is 619 g/mol. The van der Waals surface area contributed by atoms with E-state index in [-0.39, 0.29) is 0 Å². The zero-order valence-electron chi connectivity index (χ0n) is 26.1. The van der Waals surface area contributed by atoms with Gasteiger partial charge in [0.25, 0.3) is 0 Å². The molecular formula is C43H25N5S.